The predicted octanol–water partition coefficient (Wildman–Crippen LogP) is 1.03. The van der Waals surface area contributed by atoms with Crippen LogP contribution in [0, 0.1) is 5.92 Å². The summed E-state index contributed by atoms with van der Waals surface area (Å²) in [5.74, 6) is -0.725. The number of hydrogen-bond donors (Lipinski definition) is 3. The van der Waals surface area contributed by atoms with Gasteiger partial charge in [0.2, 0.25) is 17.7 Å². The Balaban J connectivity index is 1.64. The van der Waals surface area contributed by atoms with Crippen LogP contribution in [0.5, 0.6) is 0 Å². The van der Waals surface area contributed by atoms with Crippen LogP contribution in [0.2, 0.25) is 0 Å². The zero-order valence-corrected chi connectivity index (χ0v) is 12.9. The highest BCUT2D eigenvalue weighted by atomic mass is 79.9. The summed E-state index contributed by atoms with van der Waals surface area (Å²) >= 11 is 3.30. The minimum Gasteiger partial charge on any atom is -0.347 e. The van der Waals surface area contributed by atoms with Gasteiger partial charge in [-0.25, -0.2) is 0 Å². The van der Waals surface area contributed by atoms with E-state index >= 15 is 0 Å². The molecule has 0 spiro atoms. The highest BCUT2D eigenvalue weighted by Gasteiger charge is 2.29. The van der Waals surface area contributed by atoms with Crippen LogP contribution in [0.4, 0.5) is 5.69 Å². The van der Waals surface area contributed by atoms with Crippen molar-refractivity contribution in [1.29, 1.82) is 0 Å². The summed E-state index contributed by atoms with van der Waals surface area (Å²) < 4.78 is 0.917. The smallest absolute Gasteiger partial charge is 0.243 e. The molecule has 3 N–H and O–H groups in total. The number of carbonyl (C=O) groups is 3. The zero-order chi connectivity index (χ0) is 15.2. The van der Waals surface area contributed by atoms with E-state index in [1.54, 1.807) is 12.1 Å². The molecule has 1 aromatic carbocycles. The molecule has 1 aliphatic rings. The molecule has 1 fully saturated rings. The zero-order valence-electron chi connectivity index (χ0n) is 11.3. The van der Waals surface area contributed by atoms with Gasteiger partial charge in [0.05, 0.1) is 13.1 Å². The minimum absolute atomic E-state index is 0.0681. The lowest BCUT2D eigenvalue weighted by Crippen LogP contribution is -2.40. The van der Waals surface area contributed by atoms with Crippen LogP contribution in [0.15, 0.2) is 28.7 Å². The lowest BCUT2D eigenvalue weighted by Gasteiger charge is -2.08. The Morgan fingerprint density at radius 3 is 2.24 bits per heavy atom. The van der Waals surface area contributed by atoms with Crippen LogP contribution in [0.25, 0.3) is 0 Å². The maximum Gasteiger partial charge on any atom is 0.243 e. The van der Waals surface area contributed by atoms with E-state index in [1.807, 2.05) is 12.1 Å². The monoisotopic (exact) mass is 353 g/mol. The van der Waals surface area contributed by atoms with Crippen LogP contribution < -0.4 is 16.0 Å². The third kappa shape index (κ3) is 5.55. The standard InChI is InChI=1S/C14H16BrN3O3/c15-10-3-5-11(6-4-10)18-13(20)8-16-12(19)7-17-14(21)9-1-2-9/h3-6,9H,1-2,7-8H2,(H,16,19)(H,17,21)(H,18,20). The van der Waals surface area contributed by atoms with E-state index in [-0.39, 0.29) is 36.7 Å². The van der Waals surface area contributed by atoms with E-state index < -0.39 is 0 Å². The summed E-state index contributed by atoms with van der Waals surface area (Å²) in [6.07, 6.45) is 1.78. The van der Waals surface area contributed by atoms with Crippen molar-refractivity contribution in [3.05, 3.63) is 28.7 Å². The Bertz CT molecular complexity index is 541. The van der Waals surface area contributed by atoms with Gasteiger partial charge < -0.3 is 16.0 Å². The summed E-state index contributed by atoms with van der Waals surface area (Å²) in [6, 6.07) is 7.11. The molecule has 0 radical (unpaired) electrons. The molecule has 21 heavy (non-hydrogen) atoms. The molecule has 1 saturated carbocycles. The number of carbonyl (C=O) groups excluding carboxylic acids is 3. The summed E-state index contributed by atoms with van der Waals surface area (Å²) in [5.41, 5.74) is 0.652. The van der Waals surface area contributed by atoms with Crippen molar-refractivity contribution in [2.75, 3.05) is 18.4 Å². The molecule has 112 valence electrons. The first-order valence-corrected chi connectivity index (χ1v) is 7.44. The molecule has 0 aromatic heterocycles. The van der Waals surface area contributed by atoms with Crippen LogP contribution in [0.3, 0.4) is 0 Å². The lowest BCUT2D eigenvalue weighted by molar-refractivity contribution is -0.127. The van der Waals surface area contributed by atoms with E-state index in [0.29, 0.717) is 5.69 Å². The minimum atomic E-state index is -0.380. The van der Waals surface area contributed by atoms with Gasteiger partial charge in [0.15, 0.2) is 0 Å². The first-order valence-electron chi connectivity index (χ1n) is 6.64. The molecule has 2 rings (SSSR count). The Hall–Kier alpha value is -1.89. The summed E-state index contributed by atoms with van der Waals surface area (Å²) in [7, 11) is 0. The van der Waals surface area contributed by atoms with Gasteiger partial charge in [0.25, 0.3) is 0 Å². The Morgan fingerprint density at radius 1 is 1.00 bits per heavy atom. The molecule has 0 unspecified atom stereocenters. The number of anilines is 1. The molecule has 0 heterocycles. The van der Waals surface area contributed by atoms with Gasteiger partial charge in [-0.1, -0.05) is 15.9 Å². The fourth-order valence-electron chi connectivity index (χ4n) is 1.64. The molecule has 6 nitrogen and oxygen atoms in total. The number of benzene rings is 1. The molecule has 1 aliphatic carbocycles. The second-order valence-corrected chi connectivity index (χ2v) is 5.74. The molecule has 1 aromatic rings. The number of nitrogens with one attached hydrogen (secondary N) is 3. The van der Waals surface area contributed by atoms with E-state index in [2.05, 4.69) is 31.9 Å². The van der Waals surface area contributed by atoms with Gasteiger partial charge in [-0.05, 0) is 37.1 Å². The average molecular weight is 354 g/mol. The maximum absolute atomic E-state index is 11.6. The topological polar surface area (TPSA) is 87.3 Å². The maximum atomic E-state index is 11.6. The van der Waals surface area contributed by atoms with Crippen molar-refractivity contribution in [2.45, 2.75) is 12.8 Å². The molecule has 0 bridgehead atoms. The molecule has 7 heteroatoms. The third-order valence-corrected chi connectivity index (χ3v) is 3.47. The third-order valence-electron chi connectivity index (χ3n) is 2.95. The lowest BCUT2D eigenvalue weighted by atomic mass is 10.3. The largest absolute Gasteiger partial charge is 0.347 e. The first-order chi connectivity index (χ1) is 10.0. The summed E-state index contributed by atoms with van der Waals surface area (Å²) in [6.45, 7) is -0.227. The SMILES string of the molecule is O=C(CNC(=O)C1CC1)NCC(=O)Nc1ccc(Br)cc1. The second-order valence-electron chi connectivity index (χ2n) is 4.82. The Morgan fingerprint density at radius 2 is 1.62 bits per heavy atom. The van der Waals surface area contributed by atoms with Gasteiger partial charge in [0.1, 0.15) is 0 Å². The van der Waals surface area contributed by atoms with Crippen LogP contribution in [-0.4, -0.2) is 30.8 Å². The van der Waals surface area contributed by atoms with E-state index in [0.717, 1.165) is 17.3 Å². The second kappa shape index (κ2) is 7.21. The highest BCUT2D eigenvalue weighted by Crippen LogP contribution is 2.28. The first kappa shape index (κ1) is 15.5. The normalized spacial score (nSPS) is 13.4. The van der Waals surface area contributed by atoms with Gasteiger partial charge in [-0.3, -0.25) is 14.4 Å². The van der Waals surface area contributed by atoms with Gasteiger partial charge in [-0.15, -0.1) is 0 Å². The van der Waals surface area contributed by atoms with Crippen LogP contribution in [-0.2, 0) is 14.4 Å². The van der Waals surface area contributed by atoms with Crippen molar-refractivity contribution >= 4 is 39.3 Å². The van der Waals surface area contributed by atoms with Gasteiger partial charge in [-0.2, -0.15) is 0 Å². The molecule has 0 saturated heterocycles. The van der Waals surface area contributed by atoms with Gasteiger partial charge >= 0.3 is 0 Å². The summed E-state index contributed by atoms with van der Waals surface area (Å²) in [5, 5.41) is 7.65. The van der Waals surface area contributed by atoms with E-state index in [4.69, 9.17) is 0 Å². The molecule has 0 aliphatic heterocycles. The van der Waals surface area contributed by atoms with Crippen molar-refractivity contribution in [1.82, 2.24) is 10.6 Å². The number of amides is 3. The van der Waals surface area contributed by atoms with Crippen LogP contribution >= 0.6 is 15.9 Å². The van der Waals surface area contributed by atoms with E-state index in [9.17, 15) is 14.4 Å². The number of halogens is 1. The molecule has 0 atom stereocenters. The Labute approximate surface area is 130 Å². The van der Waals surface area contributed by atoms with E-state index in [1.165, 1.54) is 0 Å². The van der Waals surface area contributed by atoms with Crippen molar-refractivity contribution in [3.63, 3.8) is 0 Å². The fourth-order valence-corrected chi connectivity index (χ4v) is 1.90. The number of rotatable bonds is 6. The average Bonchev–Trinajstić information content (AvgIpc) is 3.29. The Kier molecular flexibility index (Phi) is 5.32. The van der Waals surface area contributed by atoms with Crippen molar-refractivity contribution < 1.29 is 14.4 Å². The summed E-state index contributed by atoms with van der Waals surface area (Å²) in [4.78, 5) is 34.5. The highest BCUT2D eigenvalue weighted by molar-refractivity contribution is 9.10. The quantitative estimate of drug-likeness (QED) is 0.713. The van der Waals surface area contributed by atoms with Crippen molar-refractivity contribution in [3.8, 4) is 0 Å². The molecular weight excluding hydrogens is 338 g/mol. The van der Waals surface area contributed by atoms with Crippen LogP contribution in [0.1, 0.15) is 12.8 Å². The van der Waals surface area contributed by atoms with Crippen molar-refractivity contribution in [2.24, 2.45) is 5.92 Å². The number of hydrogen-bond acceptors (Lipinski definition) is 3. The molecular formula is C14H16BrN3O3. The fraction of sp³-hybridized carbons (Fsp3) is 0.357. The predicted molar refractivity (Wildman–Crippen MR) is 81.5 cm³/mol. The van der Waals surface area contributed by atoms with Gasteiger partial charge in [0, 0.05) is 16.1 Å². The molecule has 3 amide bonds.